The van der Waals surface area contributed by atoms with E-state index < -0.39 is 0 Å². The summed E-state index contributed by atoms with van der Waals surface area (Å²) in [4.78, 5) is 14.1. The van der Waals surface area contributed by atoms with Crippen LogP contribution in [0.15, 0.2) is 36.5 Å². The first-order chi connectivity index (χ1) is 8.97. The van der Waals surface area contributed by atoms with Crippen molar-refractivity contribution in [2.24, 2.45) is 7.05 Å². The lowest BCUT2D eigenvalue weighted by molar-refractivity contribution is 0.101. The third-order valence-corrected chi connectivity index (χ3v) is 2.90. The molecule has 0 fully saturated rings. The molecular weight excluding hydrogens is 240 g/mol. The molecule has 2 aromatic rings. The van der Waals surface area contributed by atoms with Gasteiger partial charge in [-0.2, -0.15) is 0 Å². The average molecular weight is 258 g/mol. The Morgan fingerprint density at radius 2 is 1.89 bits per heavy atom. The number of nitrogens with zero attached hydrogens (tertiary/aromatic N) is 2. The third kappa shape index (κ3) is 2.88. The van der Waals surface area contributed by atoms with Gasteiger partial charge in [-0.05, 0) is 30.3 Å². The molecule has 5 nitrogen and oxygen atoms in total. The molecule has 1 aromatic heterocycles. The van der Waals surface area contributed by atoms with Crippen LogP contribution in [0.3, 0.4) is 0 Å². The first-order valence-electron chi connectivity index (χ1n) is 5.98. The van der Waals surface area contributed by atoms with Gasteiger partial charge in [-0.3, -0.25) is 4.79 Å². The first-order valence-corrected chi connectivity index (χ1v) is 5.98. The fourth-order valence-electron chi connectivity index (χ4n) is 1.85. The molecule has 0 radical (unpaired) electrons. The Bertz CT molecular complexity index is 584. The highest BCUT2D eigenvalue weighted by molar-refractivity contribution is 6.03. The summed E-state index contributed by atoms with van der Waals surface area (Å²) in [6.07, 6.45) is 1.71. The average Bonchev–Trinajstić information content (AvgIpc) is 2.69. The van der Waals surface area contributed by atoms with Crippen LogP contribution in [-0.4, -0.2) is 24.6 Å². The van der Waals surface area contributed by atoms with Gasteiger partial charge in [-0.1, -0.05) is 0 Å². The molecule has 1 aromatic carbocycles. The van der Waals surface area contributed by atoms with Crippen molar-refractivity contribution < 1.29 is 4.79 Å². The molecule has 1 heterocycles. The number of rotatable bonds is 3. The van der Waals surface area contributed by atoms with E-state index in [9.17, 15) is 4.79 Å². The molecule has 0 aliphatic rings. The van der Waals surface area contributed by atoms with Gasteiger partial charge < -0.3 is 20.5 Å². The van der Waals surface area contributed by atoms with Crippen molar-refractivity contribution in [1.82, 2.24) is 4.57 Å². The van der Waals surface area contributed by atoms with Crippen LogP contribution < -0.4 is 16.0 Å². The van der Waals surface area contributed by atoms with Crippen molar-refractivity contribution in [3.8, 4) is 0 Å². The van der Waals surface area contributed by atoms with E-state index in [1.54, 1.807) is 23.9 Å². The number of amides is 1. The highest BCUT2D eigenvalue weighted by Crippen LogP contribution is 2.17. The molecule has 0 unspecified atom stereocenters. The first kappa shape index (κ1) is 13.0. The number of carbonyl (C=O) groups excluding carboxylic acids is 1. The summed E-state index contributed by atoms with van der Waals surface area (Å²) >= 11 is 0. The summed E-state index contributed by atoms with van der Waals surface area (Å²) in [5.41, 5.74) is 8.62. The van der Waals surface area contributed by atoms with Gasteiger partial charge in [0.25, 0.3) is 5.91 Å². The van der Waals surface area contributed by atoms with Gasteiger partial charge in [0.05, 0.1) is 5.69 Å². The Hall–Kier alpha value is -2.43. The lowest BCUT2D eigenvalue weighted by Gasteiger charge is -2.13. The smallest absolute Gasteiger partial charge is 0.272 e. The molecule has 3 N–H and O–H groups in total. The second-order valence-electron chi connectivity index (χ2n) is 4.67. The summed E-state index contributed by atoms with van der Waals surface area (Å²) < 4.78 is 1.71. The standard InChI is InChI=1S/C14H18N4O/c1-17(2)12-6-4-11(5-7-12)16-14(19)13-8-10(15)9-18(13)3/h4-9H,15H2,1-3H3,(H,16,19). The van der Waals surface area contributed by atoms with Gasteiger partial charge in [0.15, 0.2) is 0 Å². The summed E-state index contributed by atoms with van der Waals surface area (Å²) in [7, 11) is 5.74. The Labute approximate surface area is 112 Å². The van der Waals surface area contributed by atoms with E-state index in [0.29, 0.717) is 11.4 Å². The van der Waals surface area contributed by atoms with E-state index in [0.717, 1.165) is 11.4 Å². The topological polar surface area (TPSA) is 63.3 Å². The van der Waals surface area contributed by atoms with Crippen LogP contribution in [0, 0.1) is 0 Å². The molecule has 0 saturated heterocycles. The number of carbonyl (C=O) groups is 1. The number of aromatic nitrogens is 1. The van der Waals surface area contributed by atoms with Gasteiger partial charge in [-0.25, -0.2) is 0 Å². The summed E-state index contributed by atoms with van der Waals surface area (Å²) in [6, 6.07) is 9.31. The zero-order valence-corrected chi connectivity index (χ0v) is 11.3. The minimum absolute atomic E-state index is 0.170. The van der Waals surface area contributed by atoms with Crippen molar-refractivity contribution in [3.05, 3.63) is 42.2 Å². The summed E-state index contributed by atoms with van der Waals surface area (Å²) in [6.45, 7) is 0. The Morgan fingerprint density at radius 1 is 1.26 bits per heavy atom. The maximum Gasteiger partial charge on any atom is 0.272 e. The van der Waals surface area contributed by atoms with Crippen molar-refractivity contribution in [2.45, 2.75) is 0 Å². The third-order valence-electron chi connectivity index (χ3n) is 2.90. The van der Waals surface area contributed by atoms with E-state index >= 15 is 0 Å². The monoisotopic (exact) mass is 258 g/mol. The van der Waals surface area contributed by atoms with Crippen LogP contribution in [-0.2, 0) is 7.05 Å². The zero-order chi connectivity index (χ0) is 14.0. The normalized spacial score (nSPS) is 10.3. The maximum atomic E-state index is 12.1. The molecule has 2 rings (SSSR count). The number of benzene rings is 1. The summed E-state index contributed by atoms with van der Waals surface area (Å²) in [5, 5.41) is 2.84. The van der Waals surface area contributed by atoms with Crippen molar-refractivity contribution >= 4 is 23.0 Å². The lowest BCUT2D eigenvalue weighted by atomic mass is 10.2. The molecule has 100 valence electrons. The predicted octanol–water partition coefficient (Wildman–Crippen LogP) is 1.93. The number of hydrogen-bond acceptors (Lipinski definition) is 3. The second kappa shape index (κ2) is 5.06. The second-order valence-corrected chi connectivity index (χ2v) is 4.67. The van der Waals surface area contributed by atoms with Gasteiger partial charge in [0.1, 0.15) is 5.69 Å². The number of aryl methyl sites for hydroxylation is 1. The van der Waals surface area contributed by atoms with Crippen LogP contribution in [0.1, 0.15) is 10.5 Å². The van der Waals surface area contributed by atoms with E-state index in [-0.39, 0.29) is 5.91 Å². The quantitative estimate of drug-likeness (QED) is 0.884. The van der Waals surface area contributed by atoms with Gasteiger partial charge in [0.2, 0.25) is 0 Å². The van der Waals surface area contributed by atoms with E-state index in [1.807, 2.05) is 43.3 Å². The fourth-order valence-corrected chi connectivity index (χ4v) is 1.85. The predicted molar refractivity (Wildman–Crippen MR) is 78.5 cm³/mol. The molecule has 0 bridgehead atoms. The van der Waals surface area contributed by atoms with Gasteiger partial charge >= 0.3 is 0 Å². The number of nitrogen functional groups attached to an aromatic ring is 1. The van der Waals surface area contributed by atoms with Crippen LogP contribution in [0.4, 0.5) is 17.1 Å². The van der Waals surface area contributed by atoms with E-state index in [4.69, 9.17) is 5.73 Å². The molecule has 0 atom stereocenters. The number of anilines is 3. The lowest BCUT2D eigenvalue weighted by Crippen LogP contribution is -2.15. The van der Waals surface area contributed by atoms with Gasteiger partial charge in [-0.15, -0.1) is 0 Å². The van der Waals surface area contributed by atoms with Crippen molar-refractivity contribution in [1.29, 1.82) is 0 Å². The van der Waals surface area contributed by atoms with Crippen LogP contribution >= 0.6 is 0 Å². The molecule has 5 heteroatoms. The van der Waals surface area contributed by atoms with Crippen molar-refractivity contribution in [2.75, 3.05) is 30.0 Å². The van der Waals surface area contributed by atoms with Crippen LogP contribution in [0.2, 0.25) is 0 Å². The summed E-state index contributed by atoms with van der Waals surface area (Å²) in [5.74, 6) is -0.170. The molecule has 0 saturated carbocycles. The molecular formula is C14H18N4O. The van der Waals surface area contributed by atoms with Crippen LogP contribution in [0.5, 0.6) is 0 Å². The Kier molecular flexibility index (Phi) is 3.46. The number of nitrogens with two attached hydrogens (primary N) is 1. The minimum atomic E-state index is -0.170. The maximum absolute atomic E-state index is 12.1. The number of nitrogens with one attached hydrogen (secondary N) is 1. The van der Waals surface area contributed by atoms with E-state index in [1.165, 1.54) is 0 Å². The molecule has 0 spiro atoms. The van der Waals surface area contributed by atoms with Crippen molar-refractivity contribution in [3.63, 3.8) is 0 Å². The fraction of sp³-hybridized carbons (Fsp3) is 0.214. The Morgan fingerprint density at radius 3 is 2.37 bits per heavy atom. The molecule has 1 amide bonds. The zero-order valence-electron chi connectivity index (χ0n) is 11.3. The number of hydrogen-bond donors (Lipinski definition) is 2. The minimum Gasteiger partial charge on any atom is -0.397 e. The highest BCUT2D eigenvalue weighted by atomic mass is 16.1. The van der Waals surface area contributed by atoms with E-state index in [2.05, 4.69) is 5.32 Å². The highest BCUT2D eigenvalue weighted by Gasteiger charge is 2.11. The molecule has 0 aliphatic carbocycles. The largest absolute Gasteiger partial charge is 0.397 e. The molecule has 19 heavy (non-hydrogen) atoms. The molecule has 0 aliphatic heterocycles. The van der Waals surface area contributed by atoms with Crippen LogP contribution in [0.25, 0.3) is 0 Å². The Balaban J connectivity index is 2.13. The SMILES string of the molecule is CN(C)c1ccc(NC(=O)c2cc(N)cn2C)cc1. The van der Waals surface area contributed by atoms with Gasteiger partial charge in [0, 0.05) is 38.7 Å².